The minimum absolute atomic E-state index is 0.178. The lowest BCUT2D eigenvalue weighted by molar-refractivity contribution is -0.140. The monoisotopic (exact) mass is 475 g/mol. The molecular weight excluding hydrogens is 442 g/mol. The molecule has 0 heterocycles. The van der Waals surface area contributed by atoms with Crippen molar-refractivity contribution in [3.05, 3.63) is 59.7 Å². The predicted octanol–water partition coefficient (Wildman–Crippen LogP) is 2.71. The van der Waals surface area contributed by atoms with Crippen molar-refractivity contribution < 1.29 is 22.7 Å². The molecule has 0 aliphatic heterocycles. The first-order valence-electron chi connectivity index (χ1n) is 10.9. The first-order chi connectivity index (χ1) is 15.6. The van der Waals surface area contributed by atoms with Crippen LogP contribution < -0.4 is 14.4 Å². The fraction of sp³-hybridized carbons (Fsp3) is 0.417. The van der Waals surface area contributed by atoms with E-state index in [1.165, 1.54) is 12.0 Å². The zero-order valence-electron chi connectivity index (χ0n) is 19.9. The van der Waals surface area contributed by atoms with E-state index in [0.29, 0.717) is 18.7 Å². The second-order valence-electron chi connectivity index (χ2n) is 7.77. The van der Waals surface area contributed by atoms with Crippen molar-refractivity contribution >= 4 is 27.5 Å². The van der Waals surface area contributed by atoms with Crippen LogP contribution in [0, 0.1) is 6.92 Å². The number of ether oxygens (including phenoxy) is 1. The molecule has 8 nitrogen and oxygen atoms in total. The van der Waals surface area contributed by atoms with E-state index in [4.69, 9.17) is 4.74 Å². The topological polar surface area (TPSA) is 96.0 Å². The largest absolute Gasteiger partial charge is 0.495 e. The molecule has 2 aromatic rings. The van der Waals surface area contributed by atoms with E-state index in [1.54, 1.807) is 18.2 Å². The van der Waals surface area contributed by atoms with Crippen molar-refractivity contribution in [2.45, 2.75) is 39.8 Å². The van der Waals surface area contributed by atoms with E-state index in [9.17, 15) is 18.0 Å². The minimum atomic E-state index is -3.83. The zero-order valence-corrected chi connectivity index (χ0v) is 20.7. The molecule has 2 rings (SSSR count). The molecule has 180 valence electrons. The van der Waals surface area contributed by atoms with Gasteiger partial charge in [0, 0.05) is 13.1 Å². The number of likely N-dealkylation sites (N-methyl/N-ethyl adjacent to an activating group) is 1. The molecule has 0 saturated carbocycles. The van der Waals surface area contributed by atoms with Gasteiger partial charge in [0.05, 0.1) is 19.1 Å². The van der Waals surface area contributed by atoms with Crippen molar-refractivity contribution in [2.24, 2.45) is 0 Å². The maximum Gasteiger partial charge on any atom is 0.244 e. The first kappa shape index (κ1) is 26.2. The van der Waals surface area contributed by atoms with Gasteiger partial charge in [0.25, 0.3) is 0 Å². The number of methoxy groups -OCH3 is 1. The number of anilines is 1. The van der Waals surface area contributed by atoms with Gasteiger partial charge in [0.15, 0.2) is 0 Å². The Labute approximate surface area is 196 Å². The quantitative estimate of drug-likeness (QED) is 0.539. The van der Waals surface area contributed by atoms with Gasteiger partial charge in [-0.2, -0.15) is 0 Å². The summed E-state index contributed by atoms with van der Waals surface area (Å²) >= 11 is 0. The van der Waals surface area contributed by atoms with Crippen molar-refractivity contribution in [1.82, 2.24) is 10.2 Å². The molecule has 0 aromatic heterocycles. The summed E-state index contributed by atoms with van der Waals surface area (Å²) in [5.74, 6) is -0.418. The lowest BCUT2D eigenvalue weighted by atomic mass is 10.1. The van der Waals surface area contributed by atoms with Crippen LogP contribution in [0.2, 0.25) is 0 Å². The third-order valence-corrected chi connectivity index (χ3v) is 6.34. The lowest BCUT2D eigenvalue weighted by Gasteiger charge is -2.33. The molecule has 2 aromatic carbocycles. The van der Waals surface area contributed by atoms with Crippen molar-refractivity contribution in [3.8, 4) is 5.75 Å². The van der Waals surface area contributed by atoms with Gasteiger partial charge in [-0.1, -0.05) is 43.3 Å². The average Bonchev–Trinajstić information content (AvgIpc) is 2.77. The maximum absolute atomic E-state index is 13.6. The Morgan fingerprint density at radius 2 is 1.76 bits per heavy atom. The number of aryl methyl sites for hydroxylation is 1. The zero-order chi connectivity index (χ0) is 24.6. The minimum Gasteiger partial charge on any atom is -0.495 e. The second-order valence-corrected chi connectivity index (χ2v) is 9.68. The lowest BCUT2D eigenvalue weighted by Crippen LogP contribution is -2.52. The Bertz CT molecular complexity index is 1060. The van der Waals surface area contributed by atoms with Crippen molar-refractivity contribution in [1.29, 1.82) is 0 Å². The number of hydrogen-bond acceptors (Lipinski definition) is 5. The van der Waals surface area contributed by atoms with Crippen LogP contribution in [-0.4, -0.2) is 57.6 Å². The summed E-state index contributed by atoms with van der Waals surface area (Å²) in [7, 11) is -2.38. The van der Waals surface area contributed by atoms with Gasteiger partial charge in [-0.25, -0.2) is 8.42 Å². The molecule has 0 spiro atoms. The van der Waals surface area contributed by atoms with Crippen LogP contribution >= 0.6 is 0 Å². The Balaban J connectivity index is 2.48. The SMILES string of the molecule is CCNC(=O)[C@H](CC)N(Cc1ccccc1)C(=O)CN(c1cc(C)ccc1OC)S(C)(=O)=O. The molecule has 0 fully saturated rings. The van der Waals surface area contributed by atoms with Crippen LogP contribution in [0.15, 0.2) is 48.5 Å². The van der Waals surface area contributed by atoms with E-state index in [-0.39, 0.29) is 18.1 Å². The normalized spacial score (nSPS) is 12.0. The summed E-state index contributed by atoms with van der Waals surface area (Å²) in [4.78, 5) is 27.8. The number of carbonyl (C=O) groups excluding carboxylic acids is 2. The molecule has 0 radical (unpaired) electrons. The van der Waals surface area contributed by atoms with E-state index in [1.807, 2.05) is 51.1 Å². The second kappa shape index (κ2) is 11.7. The number of hydrogen-bond donors (Lipinski definition) is 1. The predicted molar refractivity (Wildman–Crippen MR) is 130 cm³/mol. The van der Waals surface area contributed by atoms with Gasteiger partial charge in [-0.3, -0.25) is 13.9 Å². The highest BCUT2D eigenvalue weighted by Crippen LogP contribution is 2.31. The number of sulfonamides is 1. The average molecular weight is 476 g/mol. The van der Waals surface area contributed by atoms with E-state index < -0.39 is 28.5 Å². The van der Waals surface area contributed by atoms with Gasteiger partial charge in [0.1, 0.15) is 18.3 Å². The number of benzene rings is 2. The maximum atomic E-state index is 13.6. The molecule has 33 heavy (non-hydrogen) atoms. The summed E-state index contributed by atoms with van der Waals surface area (Å²) in [6.45, 7) is 5.61. The van der Waals surface area contributed by atoms with E-state index in [0.717, 1.165) is 21.7 Å². The summed E-state index contributed by atoms with van der Waals surface area (Å²) < 4.78 is 31.8. The Morgan fingerprint density at radius 1 is 1.09 bits per heavy atom. The molecule has 0 aliphatic rings. The summed E-state index contributed by atoms with van der Waals surface area (Å²) in [5, 5.41) is 2.77. The van der Waals surface area contributed by atoms with Crippen LogP contribution in [0.25, 0.3) is 0 Å². The number of rotatable bonds is 11. The third kappa shape index (κ3) is 6.95. The van der Waals surface area contributed by atoms with Gasteiger partial charge < -0.3 is 15.0 Å². The molecule has 2 amide bonds. The van der Waals surface area contributed by atoms with Crippen LogP contribution in [0.1, 0.15) is 31.4 Å². The highest BCUT2D eigenvalue weighted by Gasteiger charge is 2.32. The number of carbonyl (C=O) groups is 2. The molecule has 1 atom stereocenters. The molecular formula is C24H33N3O5S. The first-order valence-corrected chi connectivity index (χ1v) is 12.7. The number of nitrogens with one attached hydrogen (secondary N) is 1. The third-order valence-electron chi connectivity index (χ3n) is 5.21. The molecule has 0 unspecified atom stereocenters. The van der Waals surface area contributed by atoms with Crippen LogP contribution in [-0.2, 0) is 26.2 Å². The Hall–Kier alpha value is -3.07. The van der Waals surface area contributed by atoms with Crippen molar-refractivity contribution in [3.63, 3.8) is 0 Å². The highest BCUT2D eigenvalue weighted by atomic mass is 32.2. The fourth-order valence-corrected chi connectivity index (χ4v) is 4.43. The molecule has 1 N–H and O–H groups in total. The van der Waals surface area contributed by atoms with Crippen LogP contribution in [0.5, 0.6) is 5.75 Å². The van der Waals surface area contributed by atoms with Gasteiger partial charge in [0.2, 0.25) is 21.8 Å². The summed E-state index contributed by atoms with van der Waals surface area (Å²) in [6, 6.07) is 13.7. The molecule has 0 aliphatic carbocycles. The van der Waals surface area contributed by atoms with E-state index in [2.05, 4.69) is 5.32 Å². The van der Waals surface area contributed by atoms with E-state index >= 15 is 0 Å². The molecule has 0 bridgehead atoms. The van der Waals surface area contributed by atoms with Gasteiger partial charge in [-0.05, 0) is 43.5 Å². The summed E-state index contributed by atoms with van der Waals surface area (Å²) in [6.07, 6.45) is 1.43. The van der Waals surface area contributed by atoms with Gasteiger partial charge in [-0.15, -0.1) is 0 Å². The molecule has 0 saturated heterocycles. The fourth-order valence-electron chi connectivity index (χ4n) is 3.58. The van der Waals surface area contributed by atoms with Crippen molar-refractivity contribution in [2.75, 3.05) is 30.8 Å². The number of amides is 2. The Morgan fingerprint density at radius 3 is 2.30 bits per heavy atom. The van der Waals surface area contributed by atoms with Gasteiger partial charge >= 0.3 is 0 Å². The highest BCUT2D eigenvalue weighted by molar-refractivity contribution is 7.92. The smallest absolute Gasteiger partial charge is 0.244 e. The summed E-state index contributed by atoms with van der Waals surface area (Å²) in [5.41, 5.74) is 1.94. The Kier molecular flexibility index (Phi) is 9.28. The standard InChI is InChI=1S/C24H33N3O5S/c1-6-20(24(29)25-7-2)26(16-19-11-9-8-10-12-19)23(28)17-27(33(5,30)31)21-15-18(3)13-14-22(21)32-4/h8-15,20H,6-7,16-17H2,1-5H3,(H,25,29)/t20-/m0/s1. The molecule has 9 heteroatoms. The number of nitrogens with zero attached hydrogens (tertiary/aromatic N) is 2. The van der Waals surface area contributed by atoms with Crippen LogP contribution in [0.4, 0.5) is 5.69 Å². The van der Waals surface area contributed by atoms with Crippen LogP contribution in [0.3, 0.4) is 0 Å².